The van der Waals surface area contributed by atoms with E-state index >= 15 is 0 Å². The van der Waals surface area contributed by atoms with Gasteiger partial charge in [-0.05, 0) is 36.8 Å². The summed E-state index contributed by atoms with van der Waals surface area (Å²) in [5, 5.41) is 7.96. The van der Waals surface area contributed by atoms with Crippen molar-refractivity contribution in [3.63, 3.8) is 0 Å². The van der Waals surface area contributed by atoms with E-state index in [1.807, 2.05) is 34.9 Å². The molecule has 0 saturated carbocycles. The van der Waals surface area contributed by atoms with Crippen LogP contribution in [0.15, 0.2) is 57.8 Å². The highest BCUT2D eigenvalue weighted by atomic mass is 32.2. The van der Waals surface area contributed by atoms with Gasteiger partial charge in [0.1, 0.15) is 5.82 Å². The Kier molecular flexibility index (Phi) is 5.75. The second-order valence-electron chi connectivity index (χ2n) is 7.15. The third-order valence-corrected chi connectivity index (χ3v) is 6.59. The molecule has 0 aliphatic rings. The van der Waals surface area contributed by atoms with E-state index < -0.39 is 10.0 Å². The second-order valence-corrected chi connectivity index (χ2v) is 9.30. The molecule has 0 atom stereocenters. The first-order valence-electron chi connectivity index (χ1n) is 9.83. The number of fused-ring (bicyclic) bond motifs is 1. The lowest BCUT2D eigenvalue weighted by atomic mass is 10.2. The molecule has 0 spiro atoms. The van der Waals surface area contributed by atoms with E-state index in [1.54, 1.807) is 18.2 Å². The molecule has 0 bridgehead atoms. The van der Waals surface area contributed by atoms with Gasteiger partial charge in [-0.3, -0.25) is 0 Å². The molecular weight excluding hydrogens is 418 g/mol. The largest absolute Gasteiger partial charge is 0.441 e. The van der Waals surface area contributed by atoms with Gasteiger partial charge in [-0.15, -0.1) is 5.10 Å². The number of imidazole rings is 1. The zero-order valence-electron chi connectivity index (χ0n) is 17.5. The molecule has 0 N–H and O–H groups in total. The summed E-state index contributed by atoms with van der Waals surface area (Å²) in [4.78, 5) is 4.81. The molecule has 10 heteroatoms. The fourth-order valence-corrected chi connectivity index (χ4v) is 4.13. The van der Waals surface area contributed by atoms with Crippen LogP contribution in [0.2, 0.25) is 0 Å². The number of rotatable bonds is 8. The molecule has 0 fully saturated rings. The highest BCUT2D eigenvalue weighted by Gasteiger charge is 2.20. The Morgan fingerprint density at radius 3 is 2.58 bits per heavy atom. The summed E-state index contributed by atoms with van der Waals surface area (Å²) in [6.07, 6.45) is 0.930. The average molecular weight is 442 g/mol. The van der Waals surface area contributed by atoms with Crippen LogP contribution in [0.5, 0.6) is 6.08 Å². The molecule has 9 nitrogen and oxygen atoms in total. The maximum absolute atomic E-state index is 12.5. The maximum Gasteiger partial charge on any atom is 0.415 e. The lowest BCUT2D eigenvalue weighted by Crippen LogP contribution is -2.22. The third-order valence-electron chi connectivity index (χ3n) is 4.78. The zero-order valence-corrected chi connectivity index (χ0v) is 18.3. The van der Waals surface area contributed by atoms with Crippen molar-refractivity contribution >= 4 is 21.1 Å². The Bertz CT molecular complexity index is 1300. The fourth-order valence-electron chi connectivity index (χ4n) is 3.21. The van der Waals surface area contributed by atoms with Crippen LogP contribution in [0.1, 0.15) is 19.2 Å². The molecule has 4 aromatic rings. The van der Waals surface area contributed by atoms with Crippen molar-refractivity contribution in [2.75, 3.05) is 14.1 Å². The van der Waals surface area contributed by atoms with Gasteiger partial charge < -0.3 is 13.7 Å². The number of ether oxygens (including phenoxy) is 1. The minimum absolute atomic E-state index is 0.0461. The molecule has 31 heavy (non-hydrogen) atoms. The van der Waals surface area contributed by atoms with Crippen molar-refractivity contribution in [1.82, 2.24) is 24.1 Å². The molecule has 0 radical (unpaired) electrons. The number of aryl methyl sites for hydroxylation is 1. The van der Waals surface area contributed by atoms with E-state index in [-0.39, 0.29) is 17.6 Å². The minimum atomic E-state index is -3.54. The third kappa shape index (κ3) is 4.17. The van der Waals surface area contributed by atoms with Crippen LogP contribution in [0.3, 0.4) is 0 Å². The van der Waals surface area contributed by atoms with Gasteiger partial charge in [0.15, 0.2) is 6.61 Å². The van der Waals surface area contributed by atoms with Gasteiger partial charge in [-0.25, -0.2) is 17.7 Å². The smallest absolute Gasteiger partial charge is 0.415 e. The molecule has 0 aliphatic carbocycles. The van der Waals surface area contributed by atoms with Crippen molar-refractivity contribution < 1.29 is 17.6 Å². The van der Waals surface area contributed by atoms with E-state index in [2.05, 4.69) is 22.1 Å². The van der Waals surface area contributed by atoms with E-state index in [9.17, 15) is 8.42 Å². The van der Waals surface area contributed by atoms with Gasteiger partial charge in [0, 0.05) is 26.2 Å². The fraction of sp³-hybridized carbons (Fsp3) is 0.286. The zero-order chi connectivity index (χ0) is 22.0. The highest BCUT2D eigenvalue weighted by molar-refractivity contribution is 7.89. The van der Waals surface area contributed by atoms with Gasteiger partial charge in [-0.1, -0.05) is 30.2 Å². The molecule has 0 unspecified atom stereocenters. The van der Waals surface area contributed by atoms with E-state index in [4.69, 9.17) is 9.15 Å². The number of benzene rings is 2. The normalized spacial score (nSPS) is 12.0. The SMILES string of the molecule is CCCn1c(COc2nnc(-c3ccccc3)o2)nc2cc(S(=O)(=O)N(C)C)ccc21. The van der Waals surface area contributed by atoms with Gasteiger partial charge >= 0.3 is 6.08 Å². The molecule has 162 valence electrons. The Labute approximate surface area is 180 Å². The summed E-state index contributed by atoms with van der Waals surface area (Å²) in [5.41, 5.74) is 2.23. The topological polar surface area (TPSA) is 103 Å². The molecule has 2 heterocycles. The molecule has 4 rings (SSSR count). The highest BCUT2D eigenvalue weighted by Crippen LogP contribution is 2.24. The van der Waals surface area contributed by atoms with Gasteiger partial charge in [-0.2, -0.15) is 0 Å². The van der Waals surface area contributed by atoms with E-state index in [1.165, 1.54) is 18.4 Å². The van der Waals surface area contributed by atoms with Crippen molar-refractivity contribution in [2.45, 2.75) is 31.4 Å². The molecular formula is C21H23N5O4S. The number of sulfonamides is 1. The van der Waals surface area contributed by atoms with E-state index in [0.29, 0.717) is 23.8 Å². The summed E-state index contributed by atoms with van der Waals surface area (Å²) in [5.74, 6) is 1.02. The quantitative estimate of drug-likeness (QED) is 0.413. The minimum Gasteiger partial charge on any atom is -0.441 e. The molecule has 2 aromatic carbocycles. The Morgan fingerprint density at radius 2 is 1.87 bits per heavy atom. The summed E-state index contributed by atoms with van der Waals surface area (Å²) < 4.78 is 39.4. The van der Waals surface area contributed by atoms with Crippen LogP contribution >= 0.6 is 0 Å². The second kappa shape index (κ2) is 8.48. The predicted octanol–water partition coefficient (Wildman–Crippen LogP) is 3.33. The van der Waals surface area contributed by atoms with Crippen molar-refractivity contribution in [1.29, 1.82) is 0 Å². The number of aromatic nitrogens is 4. The maximum atomic E-state index is 12.5. The summed E-state index contributed by atoms with van der Waals surface area (Å²) in [6.45, 7) is 2.89. The van der Waals surface area contributed by atoms with Crippen molar-refractivity contribution in [3.05, 3.63) is 54.4 Å². The van der Waals surface area contributed by atoms with Crippen LogP contribution in [0.4, 0.5) is 0 Å². The van der Waals surface area contributed by atoms with E-state index in [0.717, 1.165) is 17.5 Å². The van der Waals surface area contributed by atoms with Crippen LogP contribution in [0, 0.1) is 0 Å². The molecule has 0 saturated heterocycles. The first-order valence-corrected chi connectivity index (χ1v) is 11.3. The van der Waals surface area contributed by atoms with Crippen LogP contribution in [-0.4, -0.2) is 46.6 Å². The lowest BCUT2D eigenvalue weighted by Gasteiger charge is -2.11. The lowest BCUT2D eigenvalue weighted by molar-refractivity contribution is 0.212. The monoisotopic (exact) mass is 441 g/mol. The van der Waals surface area contributed by atoms with Crippen LogP contribution in [-0.2, 0) is 23.2 Å². The summed E-state index contributed by atoms with van der Waals surface area (Å²) >= 11 is 0. The average Bonchev–Trinajstić information content (AvgIpc) is 3.37. The Morgan fingerprint density at radius 1 is 1.10 bits per heavy atom. The van der Waals surface area contributed by atoms with Gasteiger partial charge in [0.2, 0.25) is 10.0 Å². The molecule has 0 aliphatic heterocycles. The van der Waals surface area contributed by atoms with Crippen LogP contribution in [0.25, 0.3) is 22.5 Å². The molecule has 2 aromatic heterocycles. The summed E-state index contributed by atoms with van der Waals surface area (Å²) in [6, 6.07) is 14.4. The van der Waals surface area contributed by atoms with Crippen LogP contribution < -0.4 is 4.74 Å². The Balaban J connectivity index is 1.61. The standard InChI is InChI=1S/C21H23N5O4S/c1-4-12-26-18-11-10-16(31(27,28)25(2)3)13-17(18)22-19(26)14-29-21-24-23-20(30-21)15-8-6-5-7-9-15/h5-11,13H,4,12,14H2,1-3H3. The first kappa shape index (κ1) is 21.0. The number of nitrogens with zero attached hydrogens (tertiary/aromatic N) is 5. The Hall–Kier alpha value is -3.24. The molecule has 0 amide bonds. The summed E-state index contributed by atoms with van der Waals surface area (Å²) in [7, 11) is -0.538. The number of hydrogen-bond acceptors (Lipinski definition) is 7. The van der Waals surface area contributed by atoms with Gasteiger partial charge in [0.25, 0.3) is 5.89 Å². The van der Waals surface area contributed by atoms with Crippen molar-refractivity contribution in [2.24, 2.45) is 0 Å². The number of hydrogen-bond donors (Lipinski definition) is 0. The first-order chi connectivity index (χ1) is 14.9. The predicted molar refractivity (Wildman–Crippen MR) is 115 cm³/mol. The van der Waals surface area contributed by atoms with Gasteiger partial charge in [0.05, 0.1) is 15.9 Å². The van der Waals surface area contributed by atoms with Crippen molar-refractivity contribution in [3.8, 4) is 17.5 Å².